The number of alkyl halides is 3. The van der Waals surface area contributed by atoms with Gasteiger partial charge in [-0.3, -0.25) is 9.64 Å². The third-order valence-electron chi connectivity index (χ3n) is 11.0. The van der Waals surface area contributed by atoms with Gasteiger partial charge in [0.1, 0.15) is 5.52 Å². The summed E-state index contributed by atoms with van der Waals surface area (Å²) in [6, 6.07) is 9.56. The summed E-state index contributed by atoms with van der Waals surface area (Å²) in [5, 5.41) is 14.7. The summed E-state index contributed by atoms with van der Waals surface area (Å²) in [5.41, 5.74) is 3.07. The first-order valence-electron chi connectivity index (χ1n) is 16.2. The molecule has 5 fully saturated rings. The van der Waals surface area contributed by atoms with Crippen LogP contribution in [0.4, 0.5) is 22.4 Å². The average Bonchev–Trinajstić information content (AvgIpc) is 3.88. The number of rotatable bonds is 6. The van der Waals surface area contributed by atoms with Gasteiger partial charge in [0.05, 0.1) is 46.9 Å². The number of hydrogen-bond acceptors (Lipinski definition) is 6. The average molecular weight is 717 g/mol. The number of nitrogens with one attached hydrogen (secondary N) is 1. The lowest BCUT2D eigenvalue weighted by Gasteiger charge is -2.42. The van der Waals surface area contributed by atoms with E-state index in [9.17, 15) is 23.2 Å². The second-order valence-corrected chi connectivity index (χ2v) is 14.3. The molecule has 256 valence electrons. The first kappa shape index (κ1) is 32.6. The number of piperidine rings is 1. The van der Waals surface area contributed by atoms with E-state index in [-0.39, 0.29) is 58.4 Å². The molecule has 2 aromatic heterocycles. The molecule has 4 bridgehead atoms. The van der Waals surface area contributed by atoms with Gasteiger partial charge in [0, 0.05) is 64.3 Å². The molecule has 9 rings (SSSR count). The number of nitrogens with zero attached hydrogens (tertiary/aromatic N) is 4. The molecular weight excluding hydrogens is 685 g/mol. The Balaban J connectivity index is 1.41. The lowest BCUT2D eigenvalue weighted by atomic mass is 9.79. The zero-order chi connectivity index (χ0) is 34.5. The van der Waals surface area contributed by atoms with Crippen molar-refractivity contribution in [3.63, 3.8) is 0 Å². The van der Waals surface area contributed by atoms with Crippen LogP contribution in [0.15, 0.2) is 30.3 Å². The van der Waals surface area contributed by atoms with Gasteiger partial charge in [-0.05, 0) is 62.3 Å². The van der Waals surface area contributed by atoms with Crippen LogP contribution in [0, 0.1) is 35.9 Å². The molecule has 1 amide bonds. The predicted molar refractivity (Wildman–Crippen MR) is 175 cm³/mol. The Kier molecular flexibility index (Phi) is 7.79. The standard InChI is InChI=1S/C35H31Cl2F4N5O3/c1-15-20-13-25(33-21-11-18(45(33)34(47)48-2)12-26(21)49-35(39,40)41)46(31-17-10-24(31)43-14-17)32(20)22-9-16(5-4-8-42)27(29(38)30(22)44-15)19-6-3-7-23(36)28(19)37/h3,6-7,9,13,17-18,21,24,26,31,33,43H,4-5,10-12,14H2,1-2H3. The van der Waals surface area contributed by atoms with Crippen molar-refractivity contribution >= 4 is 51.1 Å². The van der Waals surface area contributed by atoms with E-state index in [2.05, 4.69) is 20.7 Å². The number of hydrogen-bond donors (Lipinski definition) is 1. The Labute approximate surface area is 288 Å². The van der Waals surface area contributed by atoms with Crippen molar-refractivity contribution in [3.05, 3.63) is 63.1 Å². The quantitative estimate of drug-likeness (QED) is 0.202. The number of aryl methyl sites for hydroxylation is 2. The van der Waals surface area contributed by atoms with Gasteiger partial charge in [-0.15, -0.1) is 13.2 Å². The molecule has 2 aromatic carbocycles. The summed E-state index contributed by atoms with van der Waals surface area (Å²) in [6.45, 7) is 2.53. The number of carbonyl (C=O) groups excluding carboxylic acids is 1. The molecule has 0 radical (unpaired) electrons. The van der Waals surface area contributed by atoms with Crippen LogP contribution in [0.5, 0.6) is 0 Å². The lowest BCUT2D eigenvalue weighted by molar-refractivity contribution is -0.349. The second-order valence-electron chi connectivity index (χ2n) is 13.5. The molecule has 2 saturated carbocycles. The van der Waals surface area contributed by atoms with E-state index in [4.69, 9.17) is 32.9 Å². The highest BCUT2D eigenvalue weighted by molar-refractivity contribution is 6.43. The summed E-state index contributed by atoms with van der Waals surface area (Å²) in [7, 11) is 1.26. The highest BCUT2D eigenvalue weighted by Gasteiger charge is 2.59. The normalized spacial score (nSPS) is 27.2. The number of benzene rings is 2. The Bertz CT molecular complexity index is 2070. The van der Waals surface area contributed by atoms with Crippen LogP contribution < -0.4 is 5.32 Å². The highest BCUT2D eigenvalue weighted by Crippen LogP contribution is 2.56. The minimum Gasteiger partial charge on any atom is -0.453 e. The molecule has 2 aliphatic carbocycles. The maximum absolute atomic E-state index is 17.0. The van der Waals surface area contributed by atoms with Gasteiger partial charge in [-0.1, -0.05) is 35.3 Å². The molecule has 49 heavy (non-hydrogen) atoms. The van der Waals surface area contributed by atoms with Crippen molar-refractivity contribution in [3.8, 4) is 17.2 Å². The Morgan fingerprint density at radius 2 is 1.98 bits per heavy atom. The van der Waals surface area contributed by atoms with Gasteiger partial charge >= 0.3 is 12.5 Å². The maximum Gasteiger partial charge on any atom is 0.522 e. The largest absolute Gasteiger partial charge is 0.522 e. The van der Waals surface area contributed by atoms with E-state index in [0.717, 1.165) is 13.0 Å². The fourth-order valence-electron chi connectivity index (χ4n) is 9.10. The number of likely N-dealkylation sites (tertiary alicyclic amines) is 1. The zero-order valence-corrected chi connectivity index (χ0v) is 28.0. The minimum atomic E-state index is -4.84. The number of aromatic nitrogens is 2. The third-order valence-corrected chi connectivity index (χ3v) is 11.8. The summed E-state index contributed by atoms with van der Waals surface area (Å²) >= 11 is 13.0. The number of carbonyl (C=O) groups is 1. The number of halogens is 6. The molecule has 0 spiro atoms. The second kappa shape index (κ2) is 11.7. The van der Waals surface area contributed by atoms with E-state index < -0.39 is 42.4 Å². The molecule has 3 aliphatic heterocycles. The molecule has 5 heterocycles. The van der Waals surface area contributed by atoms with Crippen LogP contribution in [0.25, 0.3) is 32.9 Å². The van der Waals surface area contributed by atoms with Crippen LogP contribution in [0.3, 0.4) is 0 Å². The summed E-state index contributed by atoms with van der Waals surface area (Å²) in [5.74, 6) is -1.04. The topological polar surface area (TPSA) is 92.4 Å². The fraction of sp³-hybridized carbons (Fsp3) is 0.457. The molecule has 7 atom stereocenters. The summed E-state index contributed by atoms with van der Waals surface area (Å²) in [4.78, 5) is 19.6. The van der Waals surface area contributed by atoms with E-state index in [1.807, 2.05) is 12.1 Å². The predicted octanol–water partition coefficient (Wildman–Crippen LogP) is 8.41. The Morgan fingerprint density at radius 1 is 1.18 bits per heavy atom. The van der Waals surface area contributed by atoms with E-state index in [1.54, 1.807) is 30.0 Å². The Morgan fingerprint density at radius 3 is 2.65 bits per heavy atom. The smallest absolute Gasteiger partial charge is 0.453 e. The number of pyridine rings is 1. The molecular formula is C35H31Cl2F4N5O3. The highest BCUT2D eigenvalue weighted by atomic mass is 35.5. The van der Waals surface area contributed by atoms with Gasteiger partial charge < -0.3 is 14.6 Å². The SMILES string of the molecule is COC(=O)N1C2CC(OC(F)(F)F)C(C2)C1c1cc2c(C)nc3c(F)c(-c4cccc(Cl)c4Cl)c(CCC#N)cc3c2n1C1C2CNC1C2. The van der Waals surface area contributed by atoms with Crippen molar-refractivity contribution in [2.45, 2.75) is 75.7 Å². The van der Waals surface area contributed by atoms with Crippen molar-refractivity contribution < 1.29 is 31.8 Å². The number of nitriles is 1. The maximum atomic E-state index is 17.0. The monoisotopic (exact) mass is 715 g/mol. The van der Waals surface area contributed by atoms with E-state index >= 15 is 4.39 Å². The van der Waals surface area contributed by atoms with Gasteiger partial charge in [0.25, 0.3) is 0 Å². The zero-order valence-electron chi connectivity index (χ0n) is 26.5. The van der Waals surface area contributed by atoms with Gasteiger partial charge in [-0.2, -0.15) is 5.26 Å². The molecule has 1 N–H and O–H groups in total. The van der Waals surface area contributed by atoms with Gasteiger partial charge in [0.15, 0.2) is 5.82 Å². The molecule has 4 aromatic rings. The first-order chi connectivity index (χ1) is 23.4. The van der Waals surface area contributed by atoms with Crippen LogP contribution in [-0.4, -0.2) is 58.7 Å². The number of ether oxygens (including phenoxy) is 2. The van der Waals surface area contributed by atoms with Gasteiger partial charge in [0.2, 0.25) is 0 Å². The third kappa shape index (κ3) is 4.99. The van der Waals surface area contributed by atoms with Crippen molar-refractivity contribution in [1.29, 1.82) is 5.26 Å². The summed E-state index contributed by atoms with van der Waals surface area (Å²) in [6.07, 6.45) is -4.98. The van der Waals surface area contributed by atoms with Crippen LogP contribution >= 0.6 is 23.2 Å². The number of amides is 1. The van der Waals surface area contributed by atoms with Gasteiger partial charge in [-0.25, -0.2) is 14.2 Å². The Hall–Kier alpha value is -3.63. The van der Waals surface area contributed by atoms with Crippen molar-refractivity contribution in [1.82, 2.24) is 19.8 Å². The molecule has 5 aliphatic rings. The first-order valence-corrected chi connectivity index (χ1v) is 17.0. The molecule has 14 heteroatoms. The molecule has 8 nitrogen and oxygen atoms in total. The van der Waals surface area contributed by atoms with E-state index in [0.29, 0.717) is 45.2 Å². The van der Waals surface area contributed by atoms with E-state index in [1.165, 1.54) is 7.11 Å². The van der Waals surface area contributed by atoms with Crippen LogP contribution in [-0.2, 0) is 15.9 Å². The number of fused-ring (bicyclic) bond motifs is 6. The number of methoxy groups -OCH3 is 1. The van der Waals surface area contributed by atoms with Crippen molar-refractivity contribution in [2.24, 2.45) is 11.8 Å². The summed E-state index contributed by atoms with van der Waals surface area (Å²) < 4.78 is 69.8. The lowest BCUT2D eigenvalue weighted by Crippen LogP contribution is -2.47. The molecule has 3 saturated heterocycles. The van der Waals surface area contributed by atoms with Crippen molar-refractivity contribution in [2.75, 3.05) is 13.7 Å². The van der Waals surface area contributed by atoms with Crippen LogP contribution in [0.1, 0.15) is 54.7 Å². The molecule has 7 unspecified atom stereocenters. The van der Waals surface area contributed by atoms with Crippen LogP contribution in [0.2, 0.25) is 10.0 Å². The minimum absolute atomic E-state index is 0.0397. The fourth-order valence-corrected chi connectivity index (χ4v) is 9.50.